The monoisotopic (exact) mass is 371 g/mol. The summed E-state index contributed by atoms with van der Waals surface area (Å²) in [6.45, 7) is 1.45. The van der Waals surface area contributed by atoms with Crippen molar-refractivity contribution in [1.29, 1.82) is 0 Å². The SMILES string of the molecule is CC(=O)C[C@H](NC(=O)OCC1c2ccccc2-c2ccccc21)C(=O)Cl. The van der Waals surface area contributed by atoms with Gasteiger partial charge in [0.05, 0.1) is 0 Å². The predicted octanol–water partition coefficient (Wildman–Crippen LogP) is 3.64. The fraction of sp³-hybridized carbons (Fsp3) is 0.250. The zero-order chi connectivity index (χ0) is 18.7. The minimum absolute atomic E-state index is 0.0777. The maximum atomic E-state index is 12.1. The van der Waals surface area contributed by atoms with Gasteiger partial charge in [-0.15, -0.1) is 0 Å². The fourth-order valence-corrected chi connectivity index (χ4v) is 3.39. The van der Waals surface area contributed by atoms with Crippen LogP contribution in [0.25, 0.3) is 11.1 Å². The summed E-state index contributed by atoms with van der Waals surface area (Å²) in [6.07, 6.45) is -0.931. The topological polar surface area (TPSA) is 72.5 Å². The number of ketones is 1. The van der Waals surface area contributed by atoms with E-state index >= 15 is 0 Å². The second kappa shape index (κ2) is 7.70. The summed E-state index contributed by atoms with van der Waals surface area (Å²) in [6, 6.07) is 14.9. The number of carbonyl (C=O) groups is 3. The summed E-state index contributed by atoms with van der Waals surface area (Å²) >= 11 is 5.43. The molecule has 0 saturated carbocycles. The molecule has 1 amide bonds. The first kappa shape index (κ1) is 18.1. The highest BCUT2D eigenvalue weighted by atomic mass is 35.5. The molecule has 0 unspecified atom stereocenters. The first-order chi connectivity index (χ1) is 12.5. The van der Waals surface area contributed by atoms with Gasteiger partial charge in [-0.3, -0.25) is 9.59 Å². The second-order valence-electron chi connectivity index (χ2n) is 6.23. The molecule has 26 heavy (non-hydrogen) atoms. The highest BCUT2D eigenvalue weighted by Gasteiger charge is 2.29. The van der Waals surface area contributed by atoms with Crippen LogP contribution in [-0.2, 0) is 14.3 Å². The van der Waals surface area contributed by atoms with E-state index in [1.165, 1.54) is 6.92 Å². The molecular weight excluding hydrogens is 354 g/mol. The van der Waals surface area contributed by atoms with Crippen molar-refractivity contribution in [1.82, 2.24) is 5.32 Å². The Hall–Kier alpha value is -2.66. The number of benzene rings is 2. The van der Waals surface area contributed by atoms with Crippen LogP contribution in [0, 0.1) is 0 Å². The Balaban J connectivity index is 1.71. The maximum Gasteiger partial charge on any atom is 0.407 e. The summed E-state index contributed by atoms with van der Waals surface area (Å²) in [5.41, 5.74) is 4.44. The number of rotatable bonds is 6. The molecule has 0 radical (unpaired) electrons. The van der Waals surface area contributed by atoms with Crippen LogP contribution in [0.1, 0.15) is 30.4 Å². The average Bonchev–Trinajstić information content (AvgIpc) is 2.93. The lowest BCUT2D eigenvalue weighted by atomic mass is 9.98. The van der Waals surface area contributed by atoms with Gasteiger partial charge in [-0.05, 0) is 40.8 Å². The standard InChI is InChI=1S/C20H18ClNO4/c1-12(23)10-18(19(21)24)22-20(25)26-11-17-15-8-4-2-6-13(15)14-7-3-5-9-16(14)17/h2-9,17-18H,10-11H2,1H3,(H,22,25)/t18-/m0/s1. The summed E-state index contributed by atoms with van der Waals surface area (Å²) in [5, 5.41) is 1.56. The lowest BCUT2D eigenvalue weighted by molar-refractivity contribution is -0.121. The Morgan fingerprint density at radius 2 is 1.58 bits per heavy atom. The van der Waals surface area contributed by atoms with Crippen molar-refractivity contribution in [2.24, 2.45) is 0 Å². The van der Waals surface area contributed by atoms with Crippen LogP contribution in [0.15, 0.2) is 48.5 Å². The number of nitrogens with one attached hydrogen (secondary N) is 1. The smallest absolute Gasteiger partial charge is 0.407 e. The Labute approximate surface area is 156 Å². The molecule has 0 fully saturated rings. The molecule has 0 aliphatic heterocycles. The number of alkyl carbamates (subject to hydrolysis) is 1. The fourth-order valence-electron chi connectivity index (χ4n) is 3.26. The number of Topliss-reactive ketones (excluding diaryl/α,β-unsaturated/α-hetero) is 1. The van der Waals surface area contributed by atoms with Gasteiger partial charge >= 0.3 is 6.09 Å². The number of carbonyl (C=O) groups excluding carboxylic acids is 3. The first-order valence-electron chi connectivity index (χ1n) is 8.27. The van der Waals surface area contributed by atoms with Crippen LogP contribution < -0.4 is 5.32 Å². The van der Waals surface area contributed by atoms with Crippen molar-refractivity contribution in [2.45, 2.75) is 25.3 Å². The summed E-state index contributed by atoms with van der Waals surface area (Å²) in [7, 11) is 0. The van der Waals surface area contributed by atoms with E-state index in [1.807, 2.05) is 48.5 Å². The first-order valence-corrected chi connectivity index (χ1v) is 8.65. The third-order valence-electron chi connectivity index (χ3n) is 4.40. The van der Waals surface area contributed by atoms with Gasteiger partial charge in [0.15, 0.2) is 0 Å². The lowest BCUT2D eigenvalue weighted by Crippen LogP contribution is -2.40. The highest BCUT2D eigenvalue weighted by molar-refractivity contribution is 6.65. The Kier molecular flexibility index (Phi) is 5.38. The second-order valence-corrected chi connectivity index (χ2v) is 6.61. The van der Waals surface area contributed by atoms with E-state index in [9.17, 15) is 14.4 Å². The molecule has 1 atom stereocenters. The number of amides is 1. The van der Waals surface area contributed by atoms with E-state index in [0.717, 1.165) is 22.3 Å². The van der Waals surface area contributed by atoms with Gasteiger partial charge in [-0.25, -0.2) is 4.79 Å². The van der Waals surface area contributed by atoms with Gasteiger partial charge in [-0.1, -0.05) is 48.5 Å². The molecule has 1 N–H and O–H groups in total. The molecular formula is C20H18ClNO4. The number of hydrogen-bond acceptors (Lipinski definition) is 4. The van der Waals surface area contributed by atoms with Crippen LogP contribution in [-0.4, -0.2) is 29.8 Å². The van der Waals surface area contributed by atoms with Crippen molar-refractivity contribution in [2.75, 3.05) is 6.61 Å². The van der Waals surface area contributed by atoms with Gasteiger partial charge in [0.25, 0.3) is 0 Å². The molecule has 1 aliphatic carbocycles. The number of fused-ring (bicyclic) bond motifs is 3. The summed E-state index contributed by atoms with van der Waals surface area (Å²) in [5.74, 6) is -0.325. The number of hydrogen-bond donors (Lipinski definition) is 1. The number of halogens is 1. The van der Waals surface area contributed by atoms with E-state index in [2.05, 4.69) is 5.32 Å². The van der Waals surface area contributed by atoms with Gasteiger partial charge in [0, 0.05) is 12.3 Å². The minimum Gasteiger partial charge on any atom is -0.449 e. The lowest BCUT2D eigenvalue weighted by Gasteiger charge is -2.17. The van der Waals surface area contributed by atoms with E-state index in [0.29, 0.717) is 0 Å². The predicted molar refractivity (Wildman–Crippen MR) is 98.2 cm³/mol. The molecule has 0 aromatic heterocycles. The Bertz CT molecular complexity index is 819. The average molecular weight is 372 g/mol. The maximum absolute atomic E-state index is 12.1. The Morgan fingerprint density at radius 1 is 1.04 bits per heavy atom. The number of ether oxygens (including phenoxy) is 1. The van der Waals surface area contributed by atoms with Crippen molar-refractivity contribution in [3.63, 3.8) is 0 Å². The van der Waals surface area contributed by atoms with Crippen LogP contribution in [0.3, 0.4) is 0 Å². The molecule has 1 aliphatic rings. The molecule has 6 heteroatoms. The molecule has 134 valence electrons. The van der Waals surface area contributed by atoms with E-state index in [4.69, 9.17) is 16.3 Å². The minimum atomic E-state index is -1.08. The van der Waals surface area contributed by atoms with Gasteiger partial charge in [0.1, 0.15) is 18.4 Å². The van der Waals surface area contributed by atoms with Gasteiger partial charge in [-0.2, -0.15) is 0 Å². The highest BCUT2D eigenvalue weighted by Crippen LogP contribution is 2.44. The molecule has 3 rings (SSSR count). The van der Waals surface area contributed by atoms with E-state index < -0.39 is 17.4 Å². The quantitative estimate of drug-likeness (QED) is 0.787. The normalized spacial score (nSPS) is 13.5. The largest absolute Gasteiger partial charge is 0.449 e. The third kappa shape index (κ3) is 3.78. The van der Waals surface area contributed by atoms with Crippen molar-refractivity contribution in [3.05, 3.63) is 59.7 Å². The van der Waals surface area contributed by atoms with Crippen LogP contribution in [0.2, 0.25) is 0 Å². The summed E-state index contributed by atoms with van der Waals surface area (Å²) in [4.78, 5) is 34.6. The van der Waals surface area contributed by atoms with Gasteiger partial charge in [0.2, 0.25) is 5.24 Å². The van der Waals surface area contributed by atoms with E-state index in [-0.39, 0.29) is 24.7 Å². The van der Waals surface area contributed by atoms with Crippen molar-refractivity contribution < 1.29 is 19.1 Å². The van der Waals surface area contributed by atoms with Crippen molar-refractivity contribution in [3.8, 4) is 11.1 Å². The van der Waals surface area contributed by atoms with Crippen LogP contribution in [0.5, 0.6) is 0 Å². The molecule has 5 nitrogen and oxygen atoms in total. The molecule has 2 aromatic rings. The molecule has 0 bridgehead atoms. The molecule has 0 spiro atoms. The molecule has 0 heterocycles. The van der Waals surface area contributed by atoms with Crippen molar-refractivity contribution >= 4 is 28.7 Å². The zero-order valence-corrected chi connectivity index (χ0v) is 15.0. The molecule has 2 aromatic carbocycles. The zero-order valence-electron chi connectivity index (χ0n) is 14.2. The third-order valence-corrected chi connectivity index (χ3v) is 4.66. The van der Waals surface area contributed by atoms with E-state index in [1.54, 1.807) is 0 Å². The van der Waals surface area contributed by atoms with Crippen LogP contribution in [0.4, 0.5) is 4.79 Å². The Morgan fingerprint density at radius 3 is 2.08 bits per heavy atom. The van der Waals surface area contributed by atoms with Crippen LogP contribution >= 0.6 is 11.6 Å². The molecule has 0 saturated heterocycles. The summed E-state index contributed by atoms with van der Waals surface area (Å²) < 4.78 is 5.33. The van der Waals surface area contributed by atoms with Gasteiger partial charge < -0.3 is 10.1 Å².